The first-order chi connectivity index (χ1) is 15.2. The third-order valence-corrected chi connectivity index (χ3v) is 7.67. The molecule has 1 fully saturated rings. The molecule has 2 aliphatic heterocycles. The quantitative estimate of drug-likeness (QED) is 0.223. The van der Waals surface area contributed by atoms with E-state index in [1.807, 2.05) is 30.3 Å². The molecule has 0 aliphatic carbocycles. The van der Waals surface area contributed by atoms with Gasteiger partial charge in [-0.25, -0.2) is 4.79 Å². The number of carbonyl (C=O) groups excluding carboxylic acids is 3. The van der Waals surface area contributed by atoms with E-state index >= 15 is 0 Å². The number of carbonyl (C=O) groups is 3. The lowest BCUT2D eigenvalue weighted by Crippen LogP contribution is -2.70. The number of rotatable bonds is 9. The average Bonchev–Trinajstić information content (AvgIpc) is 2.75. The summed E-state index contributed by atoms with van der Waals surface area (Å²) in [4.78, 5) is 39.7. The van der Waals surface area contributed by atoms with E-state index in [-0.39, 0.29) is 29.3 Å². The Kier molecular flexibility index (Phi) is 9.09. The van der Waals surface area contributed by atoms with Crippen molar-refractivity contribution in [3.05, 3.63) is 47.2 Å². The van der Waals surface area contributed by atoms with Crippen LogP contribution in [0.2, 0.25) is 0 Å². The molecule has 2 aliphatic rings. The van der Waals surface area contributed by atoms with E-state index in [1.165, 1.54) is 16.7 Å². The van der Waals surface area contributed by atoms with E-state index in [4.69, 9.17) is 39.5 Å². The van der Waals surface area contributed by atoms with Crippen molar-refractivity contribution < 1.29 is 19.1 Å². The Labute approximate surface area is 210 Å². The lowest BCUT2D eigenvalue weighted by Gasteiger charge is -2.49. The highest BCUT2D eigenvalue weighted by atomic mass is 35.6. The van der Waals surface area contributed by atoms with Gasteiger partial charge in [0, 0.05) is 11.5 Å². The molecule has 0 aromatic heterocycles. The van der Waals surface area contributed by atoms with Crippen molar-refractivity contribution >= 4 is 76.1 Å². The van der Waals surface area contributed by atoms with Crippen LogP contribution in [0.3, 0.4) is 0 Å². The number of esters is 1. The molecular formula is C21H23Cl3N2O4S2. The lowest BCUT2D eigenvalue weighted by molar-refractivity contribution is -0.152. The second-order valence-electron chi connectivity index (χ2n) is 7.31. The molecule has 32 heavy (non-hydrogen) atoms. The van der Waals surface area contributed by atoms with Gasteiger partial charge in [-0.2, -0.15) is 11.8 Å². The highest BCUT2D eigenvalue weighted by Crippen LogP contribution is 2.41. The lowest BCUT2D eigenvalue weighted by atomic mass is 10.0. The number of nitrogens with zero attached hydrogens (tertiary/aromatic N) is 1. The number of halogens is 3. The van der Waals surface area contributed by atoms with Crippen LogP contribution in [0.5, 0.6) is 0 Å². The van der Waals surface area contributed by atoms with Crippen LogP contribution in [0.4, 0.5) is 0 Å². The van der Waals surface area contributed by atoms with E-state index in [0.717, 1.165) is 23.3 Å². The first kappa shape index (κ1) is 25.6. The number of hydrogen-bond donors (Lipinski definition) is 1. The van der Waals surface area contributed by atoms with Crippen LogP contribution in [-0.4, -0.2) is 61.8 Å². The number of fused-ring (bicyclic) bond motifs is 1. The van der Waals surface area contributed by atoms with E-state index < -0.39 is 22.4 Å². The van der Waals surface area contributed by atoms with E-state index in [9.17, 15) is 14.4 Å². The number of ether oxygens (including phenoxy) is 1. The molecule has 2 atom stereocenters. The van der Waals surface area contributed by atoms with Gasteiger partial charge in [0.05, 0.1) is 6.42 Å². The first-order valence-corrected chi connectivity index (χ1v) is 13.4. The van der Waals surface area contributed by atoms with Crippen molar-refractivity contribution in [2.24, 2.45) is 0 Å². The molecule has 0 radical (unpaired) electrons. The fourth-order valence-electron chi connectivity index (χ4n) is 3.34. The van der Waals surface area contributed by atoms with Crippen molar-refractivity contribution in [2.75, 3.05) is 23.9 Å². The fraction of sp³-hybridized carbons (Fsp3) is 0.476. The topological polar surface area (TPSA) is 75.7 Å². The van der Waals surface area contributed by atoms with Crippen LogP contribution in [0.15, 0.2) is 41.6 Å². The first-order valence-electron chi connectivity index (χ1n) is 10.0. The average molecular weight is 538 g/mol. The van der Waals surface area contributed by atoms with Gasteiger partial charge >= 0.3 is 5.97 Å². The van der Waals surface area contributed by atoms with Gasteiger partial charge in [0.2, 0.25) is 9.70 Å². The Hall–Kier alpha value is -1.06. The zero-order valence-electron chi connectivity index (χ0n) is 17.3. The normalized spacial score (nSPS) is 20.5. The molecule has 2 amide bonds. The number of benzene rings is 1. The van der Waals surface area contributed by atoms with Crippen molar-refractivity contribution in [3.63, 3.8) is 0 Å². The van der Waals surface area contributed by atoms with Crippen molar-refractivity contribution in [2.45, 2.75) is 35.0 Å². The minimum Gasteiger partial charge on any atom is -0.456 e. The van der Waals surface area contributed by atoms with Gasteiger partial charge in [0.1, 0.15) is 23.7 Å². The van der Waals surface area contributed by atoms with Gasteiger partial charge in [-0.1, -0.05) is 72.1 Å². The summed E-state index contributed by atoms with van der Waals surface area (Å²) in [5.74, 6) is 0.789. The molecule has 1 saturated heterocycles. The second kappa shape index (κ2) is 11.4. The van der Waals surface area contributed by atoms with Crippen molar-refractivity contribution in [3.8, 4) is 0 Å². The molecule has 0 saturated carbocycles. The predicted octanol–water partition coefficient (Wildman–Crippen LogP) is 3.94. The Bertz CT molecular complexity index is 893. The molecule has 0 bridgehead atoms. The van der Waals surface area contributed by atoms with Crippen molar-refractivity contribution in [1.29, 1.82) is 0 Å². The SMILES string of the molecule is CCCSCC1=C(C(=O)OCC(Cl)(Cl)Cl)N2C(=O)[C@@H](NC(=O)Cc3ccccc3)[C@@H]2SC1. The van der Waals surface area contributed by atoms with Crippen LogP contribution >= 0.6 is 58.3 Å². The van der Waals surface area contributed by atoms with E-state index in [2.05, 4.69) is 12.2 Å². The molecule has 2 heterocycles. The summed E-state index contributed by atoms with van der Waals surface area (Å²) in [6.45, 7) is 1.65. The van der Waals surface area contributed by atoms with Gasteiger partial charge in [-0.05, 0) is 23.3 Å². The highest BCUT2D eigenvalue weighted by molar-refractivity contribution is 8.01. The number of thioether (sulfide) groups is 2. The molecule has 174 valence electrons. The predicted molar refractivity (Wildman–Crippen MR) is 131 cm³/mol. The summed E-state index contributed by atoms with van der Waals surface area (Å²) in [6.07, 6.45) is 1.17. The van der Waals surface area contributed by atoms with E-state index in [1.54, 1.807) is 11.8 Å². The summed E-state index contributed by atoms with van der Waals surface area (Å²) in [6, 6.07) is 8.59. The summed E-state index contributed by atoms with van der Waals surface area (Å²) in [5, 5.41) is 2.43. The molecule has 6 nitrogen and oxygen atoms in total. The third kappa shape index (κ3) is 6.50. The van der Waals surface area contributed by atoms with Gasteiger partial charge in [0.25, 0.3) is 5.91 Å². The van der Waals surface area contributed by atoms with Crippen LogP contribution in [0.1, 0.15) is 18.9 Å². The summed E-state index contributed by atoms with van der Waals surface area (Å²) in [7, 11) is 0. The molecular weight excluding hydrogens is 515 g/mol. The molecule has 1 N–H and O–H groups in total. The van der Waals surface area contributed by atoms with Gasteiger partial charge in [-0.3, -0.25) is 14.5 Å². The van der Waals surface area contributed by atoms with Crippen LogP contribution < -0.4 is 5.32 Å². The van der Waals surface area contributed by atoms with E-state index in [0.29, 0.717) is 11.5 Å². The largest absolute Gasteiger partial charge is 0.456 e. The molecule has 1 aromatic rings. The van der Waals surface area contributed by atoms with Crippen LogP contribution in [0.25, 0.3) is 0 Å². The molecule has 11 heteroatoms. The number of nitrogens with one attached hydrogen (secondary N) is 1. The standard InChI is InChI=1S/C21H23Cl3N2O4S2/c1-2-8-31-10-14-11-32-19-16(25-15(27)9-13-6-4-3-5-7-13)18(28)26(19)17(14)20(29)30-12-21(22,23)24/h3-7,16,19H,2,8-12H2,1H3,(H,25,27)/t16-,19+/m1/s1. The monoisotopic (exact) mass is 536 g/mol. The Morgan fingerprint density at radius 1 is 1.28 bits per heavy atom. The van der Waals surface area contributed by atoms with Crippen LogP contribution in [0, 0.1) is 0 Å². The van der Waals surface area contributed by atoms with Gasteiger partial charge in [-0.15, -0.1) is 11.8 Å². The molecule has 0 unspecified atom stereocenters. The zero-order valence-corrected chi connectivity index (χ0v) is 21.2. The number of alkyl halides is 3. The minimum absolute atomic E-state index is 0.175. The maximum atomic E-state index is 12.9. The Balaban J connectivity index is 1.71. The van der Waals surface area contributed by atoms with Crippen LogP contribution in [-0.2, 0) is 25.5 Å². The number of β-lactam (4-membered cyclic amide) rings is 1. The summed E-state index contributed by atoms with van der Waals surface area (Å²) >= 11 is 20.3. The minimum atomic E-state index is -1.75. The smallest absolute Gasteiger partial charge is 0.355 e. The fourth-order valence-corrected chi connectivity index (χ4v) is 5.90. The number of amides is 2. The maximum Gasteiger partial charge on any atom is 0.355 e. The molecule has 0 spiro atoms. The Morgan fingerprint density at radius 2 is 2.00 bits per heavy atom. The molecule has 3 rings (SSSR count). The highest BCUT2D eigenvalue weighted by Gasteiger charge is 2.54. The Morgan fingerprint density at radius 3 is 2.66 bits per heavy atom. The maximum absolute atomic E-state index is 12.9. The molecule has 1 aromatic carbocycles. The van der Waals surface area contributed by atoms with Crippen molar-refractivity contribution in [1.82, 2.24) is 10.2 Å². The third-order valence-electron chi connectivity index (χ3n) is 4.76. The summed E-state index contributed by atoms with van der Waals surface area (Å²) in [5.41, 5.74) is 1.86. The van der Waals surface area contributed by atoms with Gasteiger partial charge in [0.15, 0.2) is 0 Å². The second-order valence-corrected chi connectivity index (χ2v) is 12.0. The summed E-state index contributed by atoms with van der Waals surface area (Å²) < 4.78 is 3.44. The van der Waals surface area contributed by atoms with Gasteiger partial charge < -0.3 is 10.1 Å². The zero-order chi connectivity index (χ0) is 23.3. The number of hydrogen-bond acceptors (Lipinski definition) is 6.